The summed E-state index contributed by atoms with van der Waals surface area (Å²) in [7, 11) is 3.89. The van der Waals surface area contributed by atoms with Gasteiger partial charge in [0.05, 0.1) is 11.4 Å². The Kier molecular flexibility index (Phi) is 3.32. The Morgan fingerprint density at radius 1 is 1.30 bits per heavy atom. The van der Waals surface area contributed by atoms with Crippen molar-refractivity contribution in [3.8, 4) is 0 Å². The summed E-state index contributed by atoms with van der Waals surface area (Å²) in [6, 6.07) is 5.91. The first-order chi connectivity index (χ1) is 9.54. The summed E-state index contributed by atoms with van der Waals surface area (Å²) in [5, 5.41) is 3.19. The van der Waals surface area contributed by atoms with Crippen LogP contribution in [0.15, 0.2) is 18.2 Å². The van der Waals surface area contributed by atoms with Crippen LogP contribution in [0.3, 0.4) is 0 Å². The number of hydrogen-bond donors (Lipinski definition) is 2. The highest BCUT2D eigenvalue weighted by atomic mass is 16.1. The quantitative estimate of drug-likeness (QED) is 0.830. The molecule has 0 spiro atoms. The minimum atomic E-state index is 0.0135. The van der Waals surface area contributed by atoms with Crippen molar-refractivity contribution in [2.24, 2.45) is 11.8 Å². The van der Waals surface area contributed by atoms with Crippen molar-refractivity contribution >= 4 is 17.3 Å². The van der Waals surface area contributed by atoms with Gasteiger partial charge in [-0.05, 0) is 49.3 Å². The lowest BCUT2D eigenvalue weighted by atomic mass is 9.95. The molecular weight excluding hydrogens is 250 g/mol. The number of nitrogens with zero attached hydrogens (tertiary/aromatic N) is 1. The fourth-order valence-corrected chi connectivity index (χ4v) is 3.78. The molecule has 2 saturated carbocycles. The van der Waals surface area contributed by atoms with Crippen LogP contribution in [-0.2, 0) is 0 Å². The van der Waals surface area contributed by atoms with E-state index in [4.69, 9.17) is 5.73 Å². The summed E-state index contributed by atoms with van der Waals surface area (Å²) < 4.78 is 0. The summed E-state index contributed by atoms with van der Waals surface area (Å²) in [4.78, 5) is 14.3. The number of nitrogens with one attached hydrogen (secondary N) is 1. The van der Waals surface area contributed by atoms with Gasteiger partial charge in [0.1, 0.15) is 0 Å². The molecule has 108 valence electrons. The van der Waals surface area contributed by atoms with E-state index in [1.807, 2.05) is 31.1 Å². The second-order valence-electron chi connectivity index (χ2n) is 6.42. The highest BCUT2D eigenvalue weighted by molar-refractivity contribution is 5.96. The van der Waals surface area contributed by atoms with Crippen LogP contribution in [0.5, 0.6) is 0 Å². The zero-order valence-electron chi connectivity index (χ0n) is 12.2. The standard InChI is InChI=1S/C16H23N3O/c1-19(2)15-6-5-12(9-13(15)17)16(20)18-14-8-10-3-4-11(14)7-10/h5-6,9-11,14H,3-4,7-8,17H2,1-2H3,(H,18,20). The van der Waals surface area contributed by atoms with Crippen LogP contribution in [0.2, 0.25) is 0 Å². The third kappa shape index (κ3) is 2.35. The molecule has 2 aliphatic carbocycles. The molecule has 20 heavy (non-hydrogen) atoms. The maximum absolute atomic E-state index is 12.3. The maximum Gasteiger partial charge on any atom is 0.251 e. The van der Waals surface area contributed by atoms with Gasteiger partial charge in [-0.25, -0.2) is 0 Å². The van der Waals surface area contributed by atoms with Crippen LogP contribution in [0.1, 0.15) is 36.0 Å². The lowest BCUT2D eigenvalue weighted by Gasteiger charge is -2.23. The molecule has 0 heterocycles. The molecule has 1 aromatic carbocycles. The monoisotopic (exact) mass is 273 g/mol. The second-order valence-corrected chi connectivity index (χ2v) is 6.42. The average molecular weight is 273 g/mol. The number of benzene rings is 1. The zero-order chi connectivity index (χ0) is 14.3. The van der Waals surface area contributed by atoms with Crippen LogP contribution >= 0.6 is 0 Å². The Labute approximate surface area is 120 Å². The molecule has 4 nitrogen and oxygen atoms in total. The molecule has 0 aromatic heterocycles. The summed E-state index contributed by atoms with van der Waals surface area (Å²) in [6.07, 6.45) is 5.08. The summed E-state index contributed by atoms with van der Waals surface area (Å²) in [5.74, 6) is 1.55. The Bertz CT molecular complexity index is 526. The van der Waals surface area contributed by atoms with Gasteiger partial charge in [0.2, 0.25) is 0 Å². The van der Waals surface area contributed by atoms with Gasteiger partial charge in [-0.1, -0.05) is 6.42 Å². The number of fused-ring (bicyclic) bond motifs is 2. The fraction of sp³-hybridized carbons (Fsp3) is 0.562. The number of carbonyl (C=O) groups is 1. The van der Waals surface area contributed by atoms with E-state index in [1.165, 1.54) is 19.3 Å². The second kappa shape index (κ2) is 5.00. The molecule has 2 bridgehead atoms. The van der Waals surface area contributed by atoms with Crippen LogP contribution in [0, 0.1) is 11.8 Å². The topological polar surface area (TPSA) is 58.4 Å². The molecule has 2 fully saturated rings. The minimum absolute atomic E-state index is 0.0135. The van der Waals surface area contributed by atoms with Crippen molar-refractivity contribution in [3.05, 3.63) is 23.8 Å². The first-order valence-electron chi connectivity index (χ1n) is 7.42. The van der Waals surface area contributed by atoms with Gasteiger partial charge in [0, 0.05) is 25.7 Å². The molecule has 0 radical (unpaired) electrons. The molecule has 0 saturated heterocycles. The van der Waals surface area contributed by atoms with Crippen molar-refractivity contribution in [2.75, 3.05) is 24.7 Å². The summed E-state index contributed by atoms with van der Waals surface area (Å²) >= 11 is 0. The molecule has 4 heteroatoms. The summed E-state index contributed by atoms with van der Waals surface area (Å²) in [6.45, 7) is 0. The lowest BCUT2D eigenvalue weighted by Crippen LogP contribution is -2.38. The number of nitrogen functional groups attached to an aromatic ring is 1. The molecule has 3 unspecified atom stereocenters. The van der Waals surface area contributed by atoms with Gasteiger partial charge in [-0.2, -0.15) is 0 Å². The van der Waals surface area contributed by atoms with Crippen molar-refractivity contribution < 1.29 is 4.79 Å². The van der Waals surface area contributed by atoms with Crippen LogP contribution in [0.25, 0.3) is 0 Å². The van der Waals surface area contributed by atoms with Gasteiger partial charge in [0.25, 0.3) is 5.91 Å². The van der Waals surface area contributed by atoms with E-state index in [-0.39, 0.29) is 5.91 Å². The number of carbonyl (C=O) groups excluding carboxylic acids is 1. The Hall–Kier alpha value is -1.71. The van der Waals surface area contributed by atoms with E-state index in [0.717, 1.165) is 18.0 Å². The van der Waals surface area contributed by atoms with Gasteiger partial charge in [0.15, 0.2) is 0 Å². The number of rotatable bonds is 3. The largest absolute Gasteiger partial charge is 0.397 e. The third-order valence-electron chi connectivity index (χ3n) is 4.83. The Morgan fingerprint density at radius 3 is 2.65 bits per heavy atom. The van der Waals surface area contributed by atoms with Gasteiger partial charge in [-0.3, -0.25) is 4.79 Å². The van der Waals surface area contributed by atoms with Gasteiger partial charge >= 0.3 is 0 Å². The molecule has 3 rings (SSSR count). The molecule has 0 aliphatic heterocycles. The van der Waals surface area contributed by atoms with E-state index in [2.05, 4.69) is 5.32 Å². The van der Waals surface area contributed by atoms with Gasteiger partial charge < -0.3 is 16.0 Å². The van der Waals surface area contributed by atoms with Crippen molar-refractivity contribution in [2.45, 2.75) is 31.7 Å². The van der Waals surface area contributed by atoms with E-state index < -0.39 is 0 Å². The predicted octanol–water partition coefficient (Wildman–Crippen LogP) is 2.25. The van der Waals surface area contributed by atoms with Gasteiger partial charge in [-0.15, -0.1) is 0 Å². The smallest absolute Gasteiger partial charge is 0.251 e. The van der Waals surface area contributed by atoms with E-state index in [1.54, 1.807) is 6.07 Å². The molecule has 3 N–H and O–H groups in total. The van der Waals surface area contributed by atoms with Crippen molar-refractivity contribution in [1.29, 1.82) is 0 Å². The highest BCUT2D eigenvalue weighted by Gasteiger charge is 2.40. The van der Waals surface area contributed by atoms with Crippen LogP contribution in [0.4, 0.5) is 11.4 Å². The third-order valence-corrected chi connectivity index (χ3v) is 4.83. The molecule has 1 amide bonds. The first-order valence-corrected chi connectivity index (χ1v) is 7.42. The van der Waals surface area contributed by atoms with E-state index >= 15 is 0 Å². The van der Waals surface area contributed by atoms with E-state index in [0.29, 0.717) is 23.2 Å². The molecule has 2 aliphatic rings. The number of anilines is 2. The normalized spacial score (nSPS) is 27.6. The highest BCUT2D eigenvalue weighted by Crippen LogP contribution is 2.44. The molecular formula is C16H23N3O. The molecule has 1 aromatic rings. The Morgan fingerprint density at radius 2 is 2.10 bits per heavy atom. The molecule has 3 atom stereocenters. The van der Waals surface area contributed by atoms with Crippen LogP contribution < -0.4 is 16.0 Å². The number of hydrogen-bond acceptors (Lipinski definition) is 3. The van der Waals surface area contributed by atoms with Crippen molar-refractivity contribution in [3.63, 3.8) is 0 Å². The first kappa shape index (κ1) is 13.3. The average Bonchev–Trinajstić information content (AvgIpc) is 3.00. The SMILES string of the molecule is CN(C)c1ccc(C(=O)NC2CC3CCC2C3)cc1N. The van der Waals surface area contributed by atoms with Crippen molar-refractivity contribution in [1.82, 2.24) is 5.32 Å². The maximum atomic E-state index is 12.3. The Balaban J connectivity index is 1.70. The van der Waals surface area contributed by atoms with Crippen LogP contribution in [-0.4, -0.2) is 26.0 Å². The lowest BCUT2D eigenvalue weighted by molar-refractivity contribution is 0.0923. The zero-order valence-corrected chi connectivity index (χ0v) is 12.2. The minimum Gasteiger partial charge on any atom is -0.397 e. The fourth-order valence-electron chi connectivity index (χ4n) is 3.78. The predicted molar refractivity (Wildman–Crippen MR) is 81.9 cm³/mol. The summed E-state index contributed by atoms with van der Waals surface area (Å²) in [5.41, 5.74) is 8.26. The van der Waals surface area contributed by atoms with E-state index in [9.17, 15) is 4.79 Å². The number of amides is 1. The number of nitrogens with two attached hydrogens (primary N) is 1.